The monoisotopic (exact) mass is 258 g/mol. The van der Waals surface area contributed by atoms with E-state index in [9.17, 15) is 19.8 Å². The van der Waals surface area contributed by atoms with Crippen LogP contribution in [0, 0.1) is 0 Å². The number of aliphatic carboxylic acids is 1. The van der Waals surface area contributed by atoms with Crippen molar-refractivity contribution in [1.29, 1.82) is 0 Å². The largest absolute Gasteiger partial charge is 0.546 e. The quantitative estimate of drug-likeness (QED) is 0.661. The second-order valence-electron chi connectivity index (χ2n) is 2.93. The van der Waals surface area contributed by atoms with Crippen LogP contribution in [0.4, 0.5) is 0 Å². The van der Waals surface area contributed by atoms with Gasteiger partial charge in [0.1, 0.15) is 6.61 Å². The number of ether oxygens (including phenoxy) is 2. The van der Waals surface area contributed by atoms with Gasteiger partial charge < -0.3 is 29.3 Å². The average molecular weight is 259 g/mol. The lowest BCUT2D eigenvalue weighted by Gasteiger charge is -2.16. The summed E-state index contributed by atoms with van der Waals surface area (Å²) in [4.78, 5) is 21.1. The number of hydrogen-bond donors (Lipinski definition) is 0. The number of benzene rings is 1. The highest BCUT2D eigenvalue weighted by molar-refractivity contribution is 6.31. The van der Waals surface area contributed by atoms with Gasteiger partial charge in [-0.25, -0.2) is 0 Å². The Hall–Kier alpha value is -1.95. The number of aromatic carboxylic acids is 1. The van der Waals surface area contributed by atoms with Crippen molar-refractivity contribution >= 4 is 23.5 Å². The minimum absolute atomic E-state index is 0.00190. The lowest BCUT2D eigenvalue weighted by Crippen LogP contribution is -2.30. The Labute approximate surface area is 101 Å². The Morgan fingerprint density at radius 3 is 2.47 bits per heavy atom. The number of methoxy groups -OCH3 is 1. The number of carboxylic acid groups (broad SMARTS) is 2. The molecule has 1 rings (SSSR count). The van der Waals surface area contributed by atoms with Gasteiger partial charge in [0.05, 0.1) is 19.0 Å². The molecule has 0 aliphatic rings. The van der Waals surface area contributed by atoms with Crippen LogP contribution in [0.1, 0.15) is 10.4 Å². The number of rotatable bonds is 5. The molecule has 7 heteroatoms. The van der Waals surface area contributed by atoms with Gasteiger partial charge in [0.2, 0.25) is 0 Å². The standard InChI is InChI=1S/C10H9ClO6/c1-16-7-3-5(11)2-6(10(14)15)9(7)17-4-8(12)13/h2-3H,4H2,1H3,(H,12,13)(H,14,15)/p-2. The number of halogens is 1. The molecule has 0 aliphatic heterocycles. The van der Waals surface area contributed by atoms with Gasteiger partial charge >= 0.3 is 0 Å². The normalized spacial score (nSPS) is 9.76. The summed E-state index contributed by atoms with van der Waals surface area (Å²) in [5, 5.41) is 21.2. The zero-order valence-corrected chi connectivity index (χ0v) is 9.45. The molecular weight excluding hydrogens is 252 g/mol. The summed E-state index contributed by atoms with van der Waals surface area (Å²) in [6.45, 7) is -0.807. The zero-order valence-electron chi connectivity index (χ0n) is 8.69. The van der Waals surface area contributed by atoms with Crippen molar-refractivity contribution in [3.05, 3.63) is 22.7 Å². The van der Waals surface area contributed by atoms with Gasteiger partial charge in [0.25, 0.3) is 0 Å². The van der Waals surface area contributed by atoms with Crippen molar-refractivity contribution in [3.63, 3.8) is 0 Å². The summed E-state index contributed by atoms with van der Waals surface area (Å²) in [6, 6.07) is 2.36. The molecule has 0 aromatic heterocycles. The summed E-state index contributed by atoms with van der Waals surface area (Å²) in [7, 11) is 1.26. The molecule has 0 atom stereocenters. The maximum atomic E-state index is 10.8. The first-order valence-corrected chi connectivity index (χ1v) is 4.75. The number of hydrogen-bond acceptors (Lipinski definition) is 6. The van der Waals surface area contributed by atoms with E-state index in [0.29, 0.717) is 0 Å². The van der Waals surface area contributed by atoms with E-state index in [2.05, 4.69) is 0 Å². The highest BCUT2D eigenvalue weighted by atomic mass is 35.5. The van der Waals surface area contributed by atoms with Gasteiger partial charge in [-0.05, 0) is 6.07 Å². The highest BCUT2D eigenvalue weighted by Crippen LogP contribution is 2.34. The third kappa shape index (κ3) is 3.25. The smallest absolute Gasteiger partial charge is 0.170 e. The van der Waals surface area contributed by atoms with E-state index in [4.69, 9.17) is 21.1 Å². The van der Waals surface area contributed by atoms with E-state index >= 15 is 0 Å². The molecule has 0 spiro atoms. The predicted molar refractivity (Wildman–Crippen MR) is 52.8 cm³/mol. The average Bonchev–Trinajstić information content (AvgIpc) is 2.25. The van der Waals surface area contributed by atoms with Crippen LogP contribution in [0.25, 0.3) is 0 Å². The molecule has 0 aliphatic carbocycles. The van der Waals surface area contributed by atoms with Crippen LogP contribution in [0.3, 0.4) is 0 Å². The summed E-state index contributed by atoms with van der Waals surface area (Å²) in [6.07, 6.45) is 0. The Kier molecular flexibility index (Phi) is 4.17. The van der Waals surface area contributed by atoms with Gasteiger partial charge in [-0.1, -0.05) is 11.6 Å². The first-order valence-electron chi connectivity index (χ1n) is 4.37. The molecule has 1 aromatic carbocycles. The van der Waals surface area contributed by atoms with Crippen LogP contribution in [0.5, 0.6) is 11.5 Å². The first kappa shape index (κ1) is 13.1. The van der Waals surface area contributed by atoms with E-state index in [0.717, 1.165) is 6.07 Å². The van der Waals surface area contributed by atoms with Gasteiger partial charge in [-0.3, -0.25) is 0 Å². The molecule has 6 nitrogen and oxygen atoms in total. The van der Waals surface area contributed by atoms with Crippen molar-refractivity contribution in [1.82, 2.24) is 0 Å². The lowest BCUT2D eigenvalue weighted by molar-refractivity contribution is -0.307. The molecule has 0 saturated heterocycles. The van der Waals surface area contributed by atoms with Crippen molar-refractivity contribution in [2.24, 2.45) is 0 Å². The molecule has 92 valence electrons. The SMILES string of the molecule is COc1cc(Cl)cc(C(=O)[O-])c1OCC(=O)[O-]. The second kappa shape index (κ2) is 5.40. The summed E-state index contributed by atoms with van der Waals surface area (Å²) >= 11 is 5.65. The third-order valence-electron chi connectivity index (χ3n) is 1.79. The molecule has 0 fully saturated rings. The first-order chi connectivity index (χ1) is 7.95. The van der Waals surface area contributed by atoms with Crippen LogP contribution in [0.15, 0.2) is 12.1 Å². The Balaban J connectivity index is 3.21. The fourth-order valence-corrected chi connectivity index (χ4v) is 1.36. The number of carbonyl (C=O) groups excluding carboxylic acids is 2. The maximum Gasteiger partial charge on any atom is 0.170 e. The molecule has 0 unspecified atom stereocenters. The van der Waals surface area contributed by atoms with Crippen molar-refractivity contribution < 1.29 is 29.3 Å². The number of carboxylic acids is 2. The molecule has 0 heterocycles. The Morgan fingerprint density at radius 2 is 2.00 bits per heavy atom. The molecule has 0 bridgehead atoms. The lowest BCUT2D eigenvalue weighted by atomic mass is 10.2. The molecule has 17 heavy (non-hydrogen) atoms. The molecule has 0 N–H and O–H groups in total. The van der Waals surface area contributed by atoms with Gasteiger partial charge in [-0.2, -0.15) is 0 Å². The topological polar surface area (TPSA) is 98.7 Å². The van der Waals surface area contributed by atoms with E-state index in [1.807, 2.05) is 0 Å². The maximum absolute atomic E-state index is 10.8. The number of carbonyl (C=O) groups is 2. The molecule has 0 amide bonds. The van der Waals surface area contributed by atoms with Crippen molar-refractivity contribution in [2.75, 3.05) is 13.7 Å². The Morgan fingerprint density at radius 1 is 1.35 bits per heavy atom. The fourth-order valence-electron chi connectivity index (χ4n) is 1.15. The van der Waals surface area contributed by atoms with Gasteiger partial charge in [0, 0.05) is 16.7 Å². The Bertz CT molecular complexity index is 456. The predicted octanol–water partition coefficient (Wildman–Crippen LogP) is -1.16. The summed E-state index contributed by atoms with van der Waals surface area (Å²) in [5.41, 5.74) is -0.393. The molecule has 1 aromatic rings. The molecule has 0 radical (unpaired) electrons. The van der Waals surface area contributed by atoms with Crippen molar-refractivity contribution in [3.8, 4) is 11.5 Å². The van der Waals surface area contributed by atoms with Crippen LogP contribution < -0.4 is 19.7 Å². The minimum Gasteiger partial charge on any atom is -0.546 e. The third-order valence-corrected chi connectivity index (χ3v) is 2.01. The van der Waals surface area contributed by atoms with E-state index in [1.165, 1.54) is 13.2 Å². The van der Waals surface area contributed by atoms with E-state index in [-0.39, 0.29) is 16.5 Å². The van der Waals surface area contributed by atoms with Crippen LogP contribution in [-0.2, 0) is 4.79 Å². The van der Waals surface area contributed by atoms with Gasteiger partial charge in [0.15, 0.2) is 11.5 Å². The fraction of sp³-hybridized carbons (Fsp3) is 0.200. The van der Waals surface area contributed by atoms with E-state index < -0.39 is 24.1 Å². The van der Waals surface area contributed by atoms with Gasteiger partial charge in [-0.15, -0.1) is 0 Å². The van der Waals surface area contributed by atoms with E-state index in [1.54, 1.807) is 0 Å². The van der Waals surface area contributed by atoms with Crippen LogP contribution in [0.2, 0.25) is 5.02 Å². The summed E-state index contributed by atoms with van der Waals surface area (Å²) in [5.74, 6) is -3.32. The van der Waals surface area contributed by atoms with Crippen LogP contribution >= 0.6 is 11.6 Å². The molecular formula is C10H7ClO6-2. The second-order valence-corrected chi connectivity index (χ2v) is 3.37. The molecule has 0 saturated carbocycles. The summed E-state index contributed by atoms with van der Waals surface area (Å²) < 4.78 is 9.61. The highest BCUT2D eigenvalue weighted by Gasteiger charge is 2.13. The van der Waals surface area contributed by atoms with Crippen LogP contribution in [-0.4, -0.2) is 25.7 Å². The van der Waals surface area contributed by atoms with Crippen molar-refractivity contribution in [2.45, 2.75) is 0 Å². The zero-order chi connectivity index (χ0) is 13.0. The minimum atomic E-state index is -1.56.